The van der Waals surface area contributed by atoms with Gasteiger partial charge in [-0.25, -0.2) is 0 Å². The van der Waals surface area contributed by atoms with Crippen LogP contribution >= 0.6 is 0 Å². The Morgan fingerprint density at radius 1 is 1.40 bits per heavy atom. The molecule has 0 fully saturated rings. The number of amides is 1. The molecule has 0 saturated heterocycles. The summed E-state index contributed by atoms with van der Waals surface area (Å²) in [4.78, 5) is 11.6. The molecule has 0 unspecified atom stereocenters. The lowest BCUT2D eigenvalue weighted by atomic mass is 10.1. The minimum Gasteiger partial charge on any atom is -0.491 e. The molecule has 0 radical (unpaired) electrons. The maximum atomic E-state index is 11.6. The largest absolute Gasteiger partial charge is 0.491 e. The van der Waals surface area contributed by atoms with Gasteiger partial charge in [0.2, 0.25) is 0 Å². The molecular formula is C10H9N3O2. The van der Waals surface area contributed by atoms with Crippen LogP contribution in [0.25, 0.3) is 10.9 Å². The van der Waals surface area contributed by atoms with Gasteiger partial charge in [0.05, 0.1) is 23.8 Å². The number of rotatable bonds is 0. The summed E-state index contributed by atoms with van der Waals surface area (Å²) in [6, 6.07) is 3.59. The molecule has 0 spiro atoms. The quantitative estimate of drug-likeness (QED) is 0.661. The Morgan fingerprint density at radius 3 is 3.27 bits per heavy atom. The lowest BCUT2D eigenvalue weighted by Gasteiger charge is -2.04. The van der Waals surface area contributed by atoms with E-state index >= 15 is 0 Å². The van der Waals surface area contributed by atoms with Crippen molar-refractivity contribution in [1.82, 2.24) is 15.5 Å². The average Bonchev–Trinajstić information content (AvgIpc) is 2.62. The minimum atomic E-state index is -0.0981. The molecule has 2 N–H and O–H groups in total. The van der Waals surface area contributed by atoms with Gasteiger partial charge in [0.15, 0.2) is 0 Å². The highest BCUT2D eigenvalue weighted by Gasteiger charge is 2.17. The van der Waals surface area contributed by atoms with E-state index in [1.165, 1.54) is 0 Å². The summed E-state index contributed by atoms with van der Waals surface area (Å²) >= 11 is 0. The van der Waals surface area contributed by atoms with Crippen LogP contribution in [0.4, 0.5) is 0 Å². The number of nitrogens with zero attached hydrogens (tertiary/aromatic N) is 1. The Balaban J connectivity index is 2.26. The van der Waals surface area contributed by atoms with Gasteiger partial charge in [-0.05, 0) is 12.1 Å². The standard InChI is InChI=1S/C10H9N3O2/c14-10-7-4-8-6(5-12-13-8)3-9(7)15-2-1-11-10/h3-5H,1-2H2,(H,11,14)(H,12,13). The molecule has 1 aliphatic rings. The summed E-state index contributed by atoms with van der Waals surface area (Å²) in [5.74, 6) is 0.526. The molecule has 0 aliphatic carbocycles. The maximum absolute atomic E-state index is 11.6. The van der Waals surface area contributed by atoms with Crippen LogP contribution in [-0.4, -0.2) is 29.3 Å². The number of benzene rings is 1. The first-order chi connectivity index (χ1) is 7.34. The van der Waals surface area contributed by atoms with E-state index in [9.17, 15) is 4.79 Å². The number of carbonyl (C=O) groups is 1. The van der Waals surface area contributed by atoms with Crippen LogP contribution in [0, 0.1) is 0 Å². The van der Waals surface area contributed by atoms with Crippen LogP contribution in [0.5, 0.6) is 5.75 Å². The summed E-state index contributed by atoms with van der Waals surface area (Å²) in [5.41, 5.74) is 1.40. The first kappa shape index (κ1) is 8.28. The second-order valence-corrected chi connectivity index (χ2v) is 3.41. The van der Waals surface area contributed by atoms with Gasteiger partial charge in [-0.1, -0.05) is 0 Å². The van der Waals surface area contributed by atoms with Gasteiger partial charge in [-0.3, -0.25) is 9.89 Å². The Bertz CT molecular complexity index is 532. The third kappa shape index (κ3) is 1.24. The van der Waals surface area contributed by atoms with Gasteiger partial charge in [0.25, 0.3) is 5.91 Å². The van der Waals surface area contributed by atoms with E-state index in [0.29, 0.717) is 24.5 Å². The lowest BCUT2D eigenvalue weighted by Crippen LogP contribution is -2.24. The molecule has 0 saturated carbocycles. The molecular weight excluding hydrogens is 194 g/mol. The van der Waals surface area contributed by atoms with Crippen molar-refractivity contribution in [2.75, 3.05) is 13.2 Å². The normalized spacial score (nSPS) is 15.3. The summed E-state index contributed by atoms with van der Waals surface area (Å²) in [6.07, 6.45) is 1.71. The molecule has 0 bridgehead atoms. The molecule has 5 nitrogen and oxygen atoms in total. The topological polar surface area (TPSA) is 67.0 Å². The number of fused-ring (bicyclic) bond motifs is 2. The van der Waals surface area contributed by atoms with Crippen LogP contribution in [0.2, 0.25) is 0 Å². The fourth-order valence-electron chi connectivity index (χ4n) is 1.69. The number of ether oxygens (including phenoxy) is 1. The second kappa shape index (κ2) is 2.98. The molecule has 2 heterocycles. The van der Waals surface area contributed by atoms with Crippen molar-refractivity contribution in [2.45, 2.75) is 0 Å². The van der Waals surface area contributed by atoms with Gasteiger partial charge in [0, 0.05) is 5.39 Å². The van der Waals surface area contributed by atoms with Crippen LogP contribution < -0.4 is 10.1 Å². The Kier molecular flexibility index (Phi) is 1.65. The van der Waals surface area contributed by atoms with Crippen LogP contribution in [-0.2, 0) is 0 Å². The monoisotopic (exact) mass is 203 g/mol. The van der Waals surface area contributed by atoms with E-state index in [2.05, 4.69) is 15.5 Å². The molecule has 1 amide bonds. The number of carbonyl (C=O) groups excluding carboxylic acids is 1. The molecule has 1 aromatic carbocycles. The van der Waals surface area contributed by atoms with E-state index in [1.807, 2.05) is 6.07 Å². The van der Waals surface area contributed by atoms with E-state index in [-0.39, 0.29) is 5.91 Å². The van der Waals surface area contributed by atoms with E-state index < -0.39 is 0 Å². The van der Waals surface area contributed by atoms with Crippen molar-refractivity contribution in [3.8, 4) is 5.75 Å². The highest BCUT2D eigenvalue weighted by atomic mass is 16.5. The lowest BCUT2D eigenvalue weighted by molar-refractivity contribution is 0.0957. The predicted octanol–water partition coefficient (Wildman–Crippen LogP) is 0.685. The van der Waals surface area contributed by atoms with Crippen molar-refractivity contribution in [3.05, 3.63) is 23.9 Å². The van der Waals surface area contributed by atoms with E-state index in [1.54, 1.807) is 12.3 Å². The first-order valence-corrected chi connectivity index (χ1v) is 4.73. The van der Waals surface area contributed by atoms with Gasteiger partial charge < -0.3 is 10.1 Å². The summed E-state index contributed by atoms with van der Waals surface area (Å²) in [6.45, 7) is 1.04. The Morgan fingerprint density at radius 2 is 2.33 bits per heavy atom. The highest BCUT2D eigenvalue weighted by molar-refractivity contribution is 6.01. The number of aromatic amines is 1. The van der Waals surface area contributed by atoms with Crippen molar-refractivity contribution in [2.24, 2.45) is 0 Å². The van der Waals surface area contributed by atoms with E-state index in [4.69, 9.17) is 4.74 Å². The minimum absolute atomic E-state index is 0.0981. The second-order valence-electron chi connectivity index (χ2n) is 3.41. The van der Waals surface area contributed by atoms with E-state index in [0.717, 1.165) is 10.9 Å². The summed E-state index contributed by atoms with van der Waals surface area (Å²) < 4.78 is 5.47. The van der Waals surface area contributed by atoms with Crippen molar-refractivity contribution in [3.63, 3.8) is 0 Å². The molecule has 2 aromatic rings. The van der Waals surface area contributed by atoms with Crippen LogP contribution in [0.1, 0.15) is 10.4 Å². The highest BCUT2D eigenvalue weighted by Crippen LogP contribution is 2.25. The fourth-order valence-corrected chi connectivity index (χ4v) is 1.69. The zero-order chi connectivity index (χ0) is 10.3. The molecule has 15 heavy (non-hydrogen) atoms. The number of hydrogen-bond donors (Lipinski definition) is 2. The zero-order valence-corrected chi connectivity index (χ0v) is 7.91. The number of hydrogen-bond acceptors (Lipinski definition) is 3. The first-order valence-electron chi connectivity index (χ1n) is 4.73. The molecule has 0 atom stereocenters. The Labute approximate surface area is 85.4 Å². The average molecular weight is 203 g/mol. The number of nitrogens with one attached hydrogen (secondary N) is 2. The third-order valence-corrected chi connectivity index (χ3v) is 2.43. The summed E-state index contributed by atoms with van der Waals surface area (Å²) in [7, 11) is 0. The predicted molar refractivity (Wildman–Crippen MR) is 53.9 cm³/mol. The SMILES string of the molecule is O=C1NCCOc2cc3cn[nH]c3cc21. The zero-order valence-electron chi connectivity index (χ0n) is 7.91. The van der Waals surface area contributed by atoms with Crippen LogP contribution in [0.15, 0.2) is 18.3 Å². The Hall–Kier alpha value is -2.04. The molecule has 1 aliphatic heterocycles. The van der Waals surface area contributed by atoms with Gasteiger partial charge >= 0.3 is 0 Å². The smallest absolute Gasteiger partial charge is 0.255 e. The van der Waals surface area contributed by atoms with Gasteiger partial charge in [0.1, 0.15) is 12.4 Å². The molecule has 1 aromatic heterocycles. The van der Waals surface area contributed by atoms with Crippen LogP contribution in [0.3, 0.4) is 0 Å². The number of aromatic nitrogens is 2. The summed E-state index contributed by atoms with van der Waals surface area (Å²) in [5, 5.41) is 10.4. The fraction of sp³-hybridized carbons (Fsp3) is 0.200. The maximum Gasteiger partial charge on any atom is 0.255 e. The van der Waals surface area contributed by atoms with Gasteiger partial charge in [-0.2, -0.15) is 5.10 Å². The molecule has 5 heteroatoms. The molecule has 76 valence electrons. The van der Waals surface area contributed by atoms with Crippen molar-refractivity contribution < 1.29 is 9.53 Å². The van der Waals surface area contributed by atoms with Gasteiger partial charge in [-0.15, -0.1) is 0 Å². The van der Waals surface area contributed by atoms with Crippen molar-refractivity contribution in [1.29, 1.82) is 0 Å². The molecule has 3 rings (SSSR count). The third-order valence-electron chi connectivity index (χ3n) is 2.43. The number of H-pyrrole nitrogens is 1. The van der Waals surface area contributed by atoms with Crippen molar-refractivity contribution >= 4 is 16.8 Å².